The molecule has 0 aliphatic carbocycles. The van der Waals surface area contributed by atoms with E-state index in [0.717, 1.165) is 19.5 Å². The summed E-state index contributed by atoms with van der Waals surface area (Å²) in [6.45, 7) is 8.17. The molecule has 0 aliphatic heterocycles. The van der Waals surface area contributed by atoms with Crippen LogP contribution >= 0.6 is 11.8 Å². The number of unbranched alkanes of at least 4 members (excludes halogenated alkanes) is 1. The summed E-state index contributed by atoms with van der Waals surface area (Å²) in [5.74, 6) is 6.06. The molecule has 0 amide bonds. The molecule has 0 saturated heterocycles. The Balaban J connectivity index is 3.99. The maximum absolute atomic E-state index is 5.38. The minimum atomic E-state index is 0.161. The molecule has 90 valence electrons. The molecule has 0 aromatic heterocycles. The van der Waals surface area contributed by atoms with Gasteiger partial charge in [-0.05, 0) is 26.5 Å². The highest BCUT2D eigenvalue weighted by atomic mass is 32.2. The van der Waals surface area contributed by atoms with Gasteiger partial charge in [0.2, 0.25) is 5.96 Å². The SMILES string of the molecule is CCCCNC(=NCC(C)(C)SC)NN. The molecular formula is C10H24N4S. The second-order valence-corrected chi connectivity index (χ2v) is 5.57. The second-order valence-electron chi connectivity index (χ2n) is 4.05. The number of hydrazine groups is 1. The van der Waals surface area contributed by atoms with Crippen LogP contribution in [0.15, 0.2) is 4.99 Å². The lowest BCUT2D eigenvalue weighted by molar-refractivity contribution is 0.699. The molecule has 0 fully saturated rings. The van der Waals surface area contributed by atoms with E-state index in [0.29, 0.717) is 5.96 Å². The van der Waals surface area contributed by atoms with Gasteiger partial charge >= 0.3 is 0 Å². The van der Waals surface area contributed by atoms with Gasteiger partial charge in [-0.1, -0.05) is 13.3 Å². The maximum Gasteiger partial charge on any atom is 0.205 e. The number of nitrogens with two attached hydrogens (primary N) is 1. The first-order chi connectivity index (χ1) is 7.05. The van der Waals surface area contributed by atoms with Crippen LogP contribution in [0, 0.1) is 0 Å². The van der Waals surface area contributed by atoms with Crippen molar-refractivity contribution in [2.24, 2.45) is 10.8 Å². The van der Waals surface area contributed by atoms with Crippen LogP contribution in [0.1, 0.15) is 33.6 Å². The zero-order valence-corrected chi connectivity index (χ0v) is 11.1. The summed E-state index contributed by atoms with van der Waals surface area (Å²) in [6.07, 6.45) is 4.39. The van der Waals surface area contributed by atoms with E-state index in [1.165, 1.54) is 6.42 Å². The van der Waals surface area contributed by atoms with Crippen molar-refractivity contribution < 1.29 is 0 Å². The fraction of sp³-hybridized carbons (Fsp3) is 0.900. The molecule has 0 spiro atoms. The van der Waals surface area contributed by atoms with Gasteiger partial charge in [0.15, 0.2) is 0 Å². The topological polar surface area (TPSA) is 62.4 Å². The molecule has 0 atom stereocenters. The zero-order valence-electron chi connectivity index (χ0n) is 10.3. The van der Waals surface area contributed by atoms with Crippen LogP contribution in [-0.4, -0.2) is 30.1 Å². The van der Waals surface area contributed by atoms with Gasteiger partial charge in [0.25, 0.3) is 0 Å². The van der Waals surface area contributed by atoms with Crippen molar-refractivity contribution in [2.75, 3.05) is 19.3 Å². The first kappa shape index (κ1) is 14.6. The summed E-state index contributed by atoms with van der Waals surface area (Å²) in [5.41, 5.74) is 2.59. The van der Waals surface area contributed by atoms with E-state index in [1.807, 2.05) is 0 Å². The van der Waals surface area contributed by atoms with Gasteiger partial charge in [-0.15, -0.1) is 0 Å². The minimum absolute atomic E-state index is 0.161. The van der Waals surface area contributed by atoms with E-state index in [-0.39, 0.29) is 4.75 Å². The molecule has 0 unspecified atom stereocenters. The Labute approximate surface area is 97.5 Å². The molecule has 0 aromatic rings. The monoisotopic (exact) mass is 232 g/mol. The number of aliphatic imine (C=N–C) groups is 1. The Morgan fingerprint density at radius 3 is 2.60 bits per heavy atom. The number of nitrogens with zero attached hydrogens (tertiary/aromatic N) is 1. The highest BCUT2D eigenvalue weighted by molar-refractivity contribution is 7.99. The lowest BCUT2D eigenvalue weighted by Crippen LogP contribution is -2.42. The predicted octanol–water partition coefficient (Wildman–Crippen LogP) is 1.34. The number of guanidine groups is 1. The van der Waals surface area contributed by atoms with Gasteiger partial charge in [-0.25, -0.2) is 5.84 Å². The molecule has 0 bridgehead atoms. The molecule has 5 heteroatoms. The third-order valence-electron chi connectivity index (χ3n) is 2.13. The fourth-order valence-corrected chi connectivity index (χ4v) is 1.06. The Morgan fingerprint density at radius 2 is 2.13 bits per heavy atom. The van der Waals surface area contributed by atoms with Gasteiger partial charge in [-0.2, -0.15) is 11.8 Å². The average molecular weight is 232 g/mol. The highest BCUT2D eigenvalue weighted by Gasteiger charge is 2.15. The van der Waals surface area contributed by atoms with E-state index in [1.54, 1.807) is 11.8 Å². The number of thioether (sulfide) groups is 1. The Kier molecular flexibility index (Phi) is 7.60. The maximum atomic E-state index is 5.38. The Morgan fingerprint density at radius 1 is 1.47 bits per heavy atom. The van der Waals surface area contributed by atoms with Crippen molar-refractivity contribution in [3.05, 3.63) is 0 Å². The van der Waals surface area contributed by atoms with E-state index >= 15 is 0 Å². The van der Waals surface area contributed by atoms with Crippen LogP contribution in [-0.2, 0) is 0 Å². The van der Waals surface area contributed by atoms with Gasteiger partial charge in [0, 0.05) is 11.3 Å². The van der Waals surface area contributed by atoms with Crippen molar-refractivity contribution in [3.63, 3.8) is 0 Å². The quantitative estimate of drug-likeness (QED) is 0.213. The molecule has 0 heterocycles. The van der Waals surface area contributed by atoms with E-state index < -0.39 is 0 Å². The molecule has 0 aliphatic rings. The van der Waals surface area contributed by atoms with Gasteiger partial charge in [-0.3, -0.25) is 10.4 Å². The van der Waals surface area contributed by atoms with E-state index in [4.69, 9.17) is 5.84 Å². The molecule has 4 N–H and O–H groups in total. The molecule has 0 rings (SSSR count). The van der Waals surface area contributed by atoms with Crippen molar-refractivity contribution in [1.82, 2.24) is 10.7 Å². The van der Waals surface area contributed by atoms with Gasteiger partial charge in [0.1, 0.15) is 0 Å². The van der Waals surface area contributed by atoms with Crippen molar-refractivity contribution >= 4 is 17.7 Å². The predicted molar refractivity (Wildman–Crippen MR) is 70.1 cm³/mol. The Bertz CT molecular complexity index is 192. The third kappa shape index (κ3) is 7.50. The van der Waals surface area contributed by atoms with Crippen molar-refractivity contribution in [3.8, 4) is 0 Å². The van der Waals surface area contributed by atoms with E-state index in [2.05, 4.69) is 42.8 Å². The third-order valence-corrected chi connectivity index (χ3v) is 3.36. The molecule has 0 aromatic carbocycles. The number of hydrogen-bond acceptors (Lipinski definition) is 3. The fourth-order valence-electron chi connectivity index (χ4n) is 0.870. The van der Waals surface area contributed by atoms with Crippen LogP contribution in [0.25, 0.3) is 0 Å². The van der Waals surface area contributed by atoms with Crippen LogP contribution in [0.4, 0.5) is 0 Å². The summed E-state index contributed by atoms with van der Waals surface area (Å²) >= 11 is 1.80. The normalized spacial score (nSPS) is 12.7. The zero-order chi connectivity index (χ0) is 11.7. The lowest BCUT2D eigenvalue weighted by Gasteiger charge is -2.19. The average Bonchev–Trinajstić information content (AvgIpc) is 2.23. The second kappa shape index (κ2) is 7.82. The highest BCUT2D eigenvalue weighted by Crippen LogP contribution is 2.20. The summed E-state index contributed by atoms with van der Waals surface area (Å²) in [7, 11) is 0. The van der Waals surface area contributed by atoms with Crippen LogP contribution in [0.3, 0.4) is 0 Å². The first-order valence-electron chi connectivity index (χ1n) is 5.36. The lowest BCUT2D eigenvalue weighted by atomic mass is 10.2. The number of nitrogens with one attached hydrogen (secondary N) is 2. The summed E-state index contributed by atoms with van der Waals surface area (Å²) in [4.78, 5) is 4.41. The molecule has 0 radical (unpaired) electrons. The van der Waals surface area contributed by atoms with Crippen LogP contribution in [0.2, 0.25) is 0 Å². The molecule has 15 heavy (non-hydrogen) atoms. The minimum Gasteiger partial charge on any atom is -0.355 e. The number of rotatable bonds is 6. The summed E-state index contributed by atoms with van der Waals surface area (Å²) in [6, 6.07) is 0. The van der Waals surface area contributed by atoms with E-state index in [9.17, 15) is 0 Å². The standard InChI is InChI=1S/C10H24N4S/c1-5-6-7-12-9(14-11)13-8-10(2,3)15-4/h5-8,11H2,1-4H3,(H2,12,13,14). The Hall–Kier alpha value is -0.420. The largest absolute Gasteiger partial charge is 0.355 e. The molecular weight excluding hydrogens is 208 g/mol. The van der Waals surface area contributed by atoms with Gasteiger partial charge < -0.3 is 5.32 Å². The molecule has 0 saturated carbocycles. The first-order valence-corrected chi connectivity index (χ1v) is 6.58. The smallest absolute Gasteiger partial charge is 0.205 e. The summed E-state index contributed by atoms with van der Waals surface area (Å²) < 4.78 is 0.161. The summed E-state index contributed by atoms with van der Waals surface area (Å²) in [5, 5.41) is 3.17. The van der Waals surface area contributed by atoms with Crippen molar-refractivity contribution in [2.45, 2.75) is 38.4 Å². The van der Waals surface area contributed by atoms with Gasteiger partial charge in [0.05, 0.1) is 6.54 Å². The number of hydrogen-bond donors (Lipinski definition) is 3. The van der Waals surface area contributed by atoms with Crippen molar-refractivity contribution in [1.29, 1.82) is 0 Å². The van der Waals surface area contributed by atoms with Crippen LogP contribution in [0.5, 0.6) is 0 Å². The molecule has 4 nitrogen and oxygen atoms in total. The van der Waals surface area contributed by atoms with Crippen LogP contribution < -0.4 is 16.6 Å².